The topological polar surface area (TPSA) is 45.0 Å². The highest BCUT2D eigenvalue weighted by atomic mass is 35.5. The van der Waals surface area contributed by atoms with E-state index in [4.69, 9.17) is 21.6 Å². The van der Waals surface area contributed by atoms with Crippen LogP contribution in [-0.2, 0) is 0 Å². The summed E-state index contributed by atoms with van der Waals surface area (Å²) >= 11 is 5.91. The Hall–Kier alpha value is -2.18. The summed E-state index contributed by atoms with van der Waals surface area (Å²) < 4.78 is 5.64. The number of anilines is 1. The molecule has 0 spiro atoms. The fraction of sp³-hybridized carbons (Fsp3) is 0.278. The fourth-order valence-electron chi connectivity index (χ4n) is 2.10. The van der Waals surface area contributed by atoms with Crippen molar-refractivity contribution < 1.29 is 4.74 Å². The normalized spacial score (nSPS) is 11.5. The van der Waals surface area contributed by atoms with E-state index in [-0.39, 0.29) is 6.04 Å². The Morgan fingerprint density at radius 2 is 2.00 bits per heavy atom. The summed E-state index contributed by atoms with van der Waals surface area (Å²) in [5, 5.41) is 12.7. The second kappa shape index (κ2) is 8.31. The fourth-order valence-corrected chi connectivity index (χ4v) is 2.23. The second-order valence-electron chi connectivity index (χ2n) is 5.06. The van der Waals surface area contributed by atoms with E-state index >= 15 is 0 Å². The lowest BCUT2D eigenvalue weighted by molar-refractivity contribution is 0.313. The zero-order chi connectivity index (χ0) is 15.8. The van der Waals surface area contributed by atoms with Gasteiger partial charge in [0.05, 0.1) is 12.7 Å². The van der Waals surface area contributed by atoms with Crippen LogP contribution in [0.2, 0.25) is 5.02 Å². The molecule has 3 nitrogen and oxygen atoms in total. The molecule has 0 aliphatic heterocycles. The predicted octanol–water partition coefficient (Wildman–Crippen LogP) is 5.20. The van der Waals surface area contributed by atoms with Crippen molar-refractivity contribution in [3.63, 3.8) is 0 Å². The largest absolute Gasteiger partial charge is 0.493 e. The van der Waals surface area contributed by atoms with Gasteiger partial charge in [0.1, 0.15) is 5.75 Å². The summed E-state index contributed by atoms with van der Waals surface area (Å²) in [6.45, 7) is 2.66. The van der Waals surface area contributed by atoms with Gasteiger partial charge < -0.3 is 10.1 Å². The van der Waals surface area contributed by atoms with Crippen LogP contribution in [0.15, 0.2) is 48.5 Å². The van der Waals surface area contributed by atoms with Crippen LogP contribution in [0.5, 0.6) is 5.75 Å². The average Bonchev–Trinajstić information content (AvgIpc) is 2.52. The Labute approximate surface area is 136 Å². The minimum Gasteiger partial charge on any atom is -0.493 e. The predicted molar refractivity (Wildman–Crippen MR) is 90.3 cm³/mol. The zero-order valence-electron chi connectivity index (χ0n) is 12.6. The van der Waals surface area contributed by atoms with Gasteiger partial charge in [-0.05, 0) is 43.2 Å². The van der Waals surface area contributed by atoms with Gasteiger partial charge in [0.2, 0.25) is 0 Å². The average molecular weight is 315 g/mol. The van der Waals surface area contributed by atoms with E-state index in [2.05, 4.69) is 18.3 Å². The first kappa shape index (κ1) is 16.2. The Morgan fingerprint density at radius 3 is 2.73 bits per heavy atom. The van der Waals surface area contributed by atoms with Gasteiger partial charge in [0.15, 0.2) is 0 Å². The third-order valence-corrected chi connectivity index (χ3v) is 3.54. The lowest BCUT2D eigenvalue weighted by atomic mass is 10.1. The molecule has 0 amide bonds. The van der Waals surface area contributed by atoms with Crippen molar-refractivity contribution in [2.75, 3.05) is 11.9 Å². The molecule has 0 heterocycles. The summed E-state index contributed by atoms with van der Waals surface area (Å²) in [4.78, 5) is 0. The summed E-state index contributed by atoms with van der Waals surface area (Å²) in [6.07, 6.45) is 1.26. The Balaban J connectivity index is 1.94. The Kier molecular flexibility index (Phi) is 6.12. The number of rotatable bonds is 7. The van der Waals surface area contributed by atoms with Gasteiger partial charge in [-0.1, -0.05) is 29.8 Å². The van der Waals surface area contributed by atoms with Crippen molar-refractivity contribution in [1.82, 2.24) is 0 Å². The van der Waals surface area contributed by atoms with Crippen molar-refractivity contribution in [3.8, 4) is 11.8 Å². The number of benzene rings is 2. The van der Waals surface area contributed by atoms with Crippen molar-refractivity contribution in [3.05, 3.63) is 59.1 Å². The lowest BCUT2D eigenvalue weighted by Crippen LogP contribution is -2.06. The van der Waals surface area contributed by atoms with Gasteiger partial charge in [-0.3, -0.25) is 0 Å². The van der Waals surface area contributed by atoms with Gasteiger partial charge in [-0.25, -0.2) is 0 Å². The molecule has 0 fully saturated rings. The zero-order valence-corrected chi connectivity index (χ0v) is 13.3. The van der Waals surface area contributed by atoms with E-state index in [1.54, 1.807) is 0 Å². The smallest absolute Gasteiger partial charge is 0.121 e. The molecule has 0 radical (unpaired) electrons. The molecule has 22 heavy (non-hydrogen) atoms. The molecule has 0 saturated heterocycles. The van der Waals surface area contributed by atoms with Crippen LogP contribution in [-0.4, -0.2) is 6.61 Å². The Morgan fingerprint density at radius 1 is 1.23 bits per heavy atom. The second-order valence-corrected chi connectivity index (χ2v) is 5.49. The first-order chi connectivity index (χ1) is 10.7. The maximum absolute atomic E-state index is 8.51. The molecule has 1 unspecified atom stereocenters. The molecular formula is C18H19ClN2O. The number of ether oxygens (including phenoxy) is 1. The molecule has 2 rings (SSSR count). The van der Waals surface area contributed by atoms with Crippen molar-refractivity contribution in [2.45, 2.75) is 25.8 Å². The summed E-state index contributed by atoms with van der Waals surface area (Å²) in [6, 6.07) is 18.0. The van der Waals surface area contributed by atoms with E-state index in [1.807, 2.05) is 48.5 Å². The maximum atomic E-state index is 8.51. The molecular weight excluding hydrogens is 296 g/mol. The van der Waals surface area contributed by atoms with Gasteiger partial charge >= 0.3 is 0 Å². The third kappa shape index (κ3) is 4.98. The first-order valence-corrected chi connectivity index (χ1v) is 7.68. The molecule has 1 atom stereocenters. The quantitative estimate of drug-likeness (QED) is 0.715. The van der Waals surface area contributed by atoms with Crippen LogP contribution >= 0.6 is 11.6 Å². The highest BCUT2D eigenvalue weighted by molar-refractivity contribution is 6.30. The molecule has 0 aliphatic rings. The summed E-state index contributed by atoms with van der Waals surface area (Å²) in [5.41, 5.74) is 2.17. The van der Waals surface area contributed by atoms with Crippen LogP contribution in [0.25, 0.3) is 0 Å². The summed E-state index contributed by atoms with van der Waals surface area (Å²) in [7, 11) is 0. The Bertz CT molecular complexity index is 634. The van der Waals surface area contributed by atoms with Crippen LogP contribution in [0, 0.1) is 11.3 Å². The van der Waals surface area contributed by atoms with Crippen molar-refractivity contribution >= 4 is 17.3 Å². The van der Waals surface area contributed by atoms with Gasteiger partial charge in [0.25, 0.3) is 0 Å². The molecule has 0 bridgehead atoms. The molecule has 4 heteroatoms. The number of halogens is 1. The van der Waals surface area contributed by atoms with E-state index in [0.29, 0.717) is 13.0 Å². The van der Waals surface area contributed by atoms with E-state index in [9.17, 15) is 0 Å². The number of hydrogen-bond acceptors (Lipinski definition) is 3. The van der Waals surface area contributed by atoms with E-state index in [1.165, 1.54) is 5.56 Å². The van der Waals surface area contributed by atoms with Gasteiger partial charge in [-0.2, -0.15) is 5.26 Å². The summed E-state index contributed by atoms with van der Waals surface area (Å²) in [5.74, 6) is 0.811. The highest BCUT2D eigenvalue weighted by Crippen LogP contribution is 2.23. The van der Waals surface area contributed by atoms with E-state index in [0.717, 1.165) is 22.9 Å². The van der Waals surface area contributed by atoms with Crippen LogP contribution in [0.3, 0.4) is 0 Å². The number of hydrogen-bond donors (Lipinski definition) is 1. The maximum Gasteiger partial charge on any atom is 0.121 e. The molecule has 2 aromatic rings. The first-order valence-electron chi connectivity index (χ1n) is 7.31. The molecule has 0 aromatic heterocycles. The highest BCUT2D eigenvalue weighted by Gasteiger charge is 2.06. The number of nitrogens with zero attached hydrogens (tertiary/aromatic N) is 1. The van der Waals surface area contributed by atoms with E-state index < -0.39 is 0 Å². The molecule has 1 N–H and O–H groups in total. The number of unbranched alkanes of at least 4 members (excludes halogenated alkanes) is 1. The molecule has 2 aromatic carbocycles. The minimum atomic E-state index is 0.172. The minimum absolute atomic E-state index is 0.172. The van der Waals surface area contributed by atoms with Crippen LogP contribution in [0.1, 0.15) is 31.4 Å². The lowest BCUT2D eigenvalue weighted by Gasteiger charge is -2.16. The van der Waals surface area contributed by atoms with Gasteiger partial charge in [-0.15, -0.1) is 0 Å². The third-order valence-electron chi connectivity index (χ3n) is 3.29. The standard InChI is InChI=1S/C18H19ClN2O/c1-14(15-7-9-16(19)10-8-15)21-17-5-4-6-18(13-17)22-12-3-2-11-20/h4-10,13-14,21H,2-3,12H2,1H3. The molecule has 0 aliphatic carbocycles. The van der Waals surface area contributed by atoms with Crippen LogP contribution in [0.4, 0.5) is 5.69 Å². The molecule has 0 saturated carbocycles. The molecule has 114 valence electrons. The van der Waals surface area contributed by atoms with Crippen molar-refractivity contribution in [1.29, 1.82) is 5.26 Å². The van der Waals surface area contributed by atoms with Crippen LogP contribution < -0.4 is 10.1 Å². The van der Waals surface area contributed by atoms with Gasteiger partial charge in [0, 0.05) is 29.2 Å². The monoisotopic (exact) mass is 314 g/mol. The number of nitrogens with one attached hydrogen (secondary N) is 1. The van der Waals surface area contributed by atoms with Crippen molar-refractivity contribution in [2.24, 2.45) is 0 Å². The SMILES string of the molecule is CC(Nc1cccc(OCCCC#N)c1)c1ccc(Cl)cc1. The number of nitriles is 1.